The van der Waals surface area contributed by atoms with E-state index < -0.39 is 23.1 Å². The number of carbonyl (C=O) groups is 2. The van der Waals surface area contributed by atoms with E-state index in [1.807, 2.05) is 30.3 Å². The van der Waals surface area contributed by atoms with Crippen molar-refractivity contribution in [2.24, 2.45) is 5.92 Å². The van der Waals surface area contributed by atoms with Crippen LogP contribution in [-0.4, -0.2) is 41.9 Å². The van der Waals surface area contributed by atoms with Gasteiger partial charge in [0.05, 0.1) is 24.0 Å². The highest BCUT2D eigenvalue weighted by molar-refractivity contribution is 6.21. The second-order valence-electron chi connectivity index (χ2n) is 9.41. The summed E-state index contributed by atoms with van der Waals surface area (Å²) in [7, 11) is 0. The number of imidazole rings is 1. The summed E-state index contributed by atoms with van der Waals surface area (Å²) in [6.07, 6.45) is 2.45. The van der Waals surface area contributed by atoms with E-state index in [9.17, 15) is 19.2 Å². The summed E-state index contributed by atoms with van der Waals surface area (Å²) in [6.45, 7) is 4.84. The molecule has 9 nitrogen and oxygen atoms in total. The monoisotopic (exact) mass is 485 g/mol. The van der Waals surface area contributed by atoms with Crippen LogP contribution in [0.3, 0.4) is 0 Å². The maximum Gasteiger partial charge on any atom is 0.333 e. The van der Waals surface area contributed by atoms with Crippen LogP contribution < -0.4 is 11.2 Å². The zero-order chi connectivity index (χ0) is 25.4. The van der Waals surface area contributed by atoms with E-state index in [4.69, 9.17) is 0 Å². The molecule has 0 unspecified atom stereocenters. The first-order chi connectivity index (χ1) is 17.4. The molecule has 184 valence electrons. The second-order valence-corrected chi connectivity index (χ2v) is 9.41. The van der Waals surface area contributed by atoms with Gasteiger partial charge in [-0.1, -0.05) is 56.3 Å². The van der Waals surface area contributed by atoms with Crippen LogP contribution in [-0.2, 0) is 19.6 Å². The van der Waals surface area contributed by atoms with Crippen LogP contribution in [0, 0.1) is 5.92 Å². The lowest BCUT2D eigenvalue weighted by Crippen LogP contribution is -2.44. The Morgan fingerprint density at radius 1 is 0.778 bits per heavy atom. The minimum atomic E-state index is -0.526. The van der Waals surface area contributed by atoms with Gasteiger partial charge in [0, 0.05) is 19.6 Å². The van der Waals surface area contributed by atoms with Crippen molar-refractivity contribution in [3.63, 3.8) is 0 Å². The van der Waals surface area contributed by atoms with Crippen LogP contribution in [0.15, 0.2) is 70.5 Å². The normalized spacial score (nSPS) is 13.2. The molecule has 0 saturated carbocycles. The van der Waals surface area contributed by atoms with Gasteiger partial charge in [-0.25, -0.2) is 9.78 Å². The minimum absolute atomic E-state index is 0.0849. The number of nitrogens with zero attached hydrogens (tertiary/aromatic N) is 5. The first-order valence-corrected chi connectivity index (χ1v) is 12.0. The molecule has 2 aromatic heterocycles. The molecule has 9 heteroatoms. The van der Waals surface area contributed by atoms with E-state index in [2.05, 4.69) is 18.8 Å². The molecule has 0 aliphatic carbocycles. The molecule has 2 aromatic carbocycles. The Bertz CT molecular complexity index is 1540. The molecule has 0 atom stereocenters. The van der Waals surface area contributed by atoms with Crippen LogP contribution in [0.4, 0.5) is 0 Å². The quantitative estimate of drug-likeness (QED) is 0.358. The molecule has 0 saturated heterocycles. The number of fused-ring (bicyclic) bond motifs is 2. The lowest BCUT2D eigenvalue weighted by atomic mass is 10.1. The molecule has 0 bridgehead atoms. The van der Waals surface area contributed by atoms with Crippen molar-refractivity contribution in [1.82, 2.24) is 23.6 Å². The van der Waals surface area contributed by atoms with Gasteiger partial charge in [-0.15, -0.1) is 0 Å². The van der Waals surface area contributed by atoms with E-state index in [-0.39, 0.29) is 19.6 Å². The van der Waals surface area contributed by atoms with Crippen molar-refractivity contribution in [2.45, 2.75) is 39.9 Å². The van der Waals surface area contributed by atoms with E-state index in [1.165, 1.54) is 4.57 Å². The molecule has 1 aliphatic heterocycles. The average molecular weight is 486 g/mol. The molecule has 0 spiro atoms. The van der Waals surface area contributed by atoms with Gasteiger partial charge < -0.3 is 4.57 Å². The zero-order valence-corrected chi connectivity index (χ0v) is 20.3. The third-order valence-electron chi connectivity index (χ3n) is 6.54. The Labute approximate surface area is 207 Å². The summed E-state index contributed by atoms with van der Waals surface area (Å²) < 4.78 is 4.39. The highest BCUT2D eigenvalue weighted by atomic mass is 16.2. The summed E-state index contributed by atoms with van der Waals surface area (Å²) >= 11 is 0. The smallest absolute Gasteiger partial charge is 0.325 e. The number of carbonyl (C=O) groups excluding carboxylic acids is 2. The van der Waals surface area contributed by atoms with Gasteiger partial charge in [0.15, 0.2) is 11.2 Å². The van der Waals surface area contributed by atoms with E-state index >= 15 is 0 Å². The van der Waals surface area contributed by atoms with Gasteiger partial charge in [-0.05, 0) is 30.0 Å². The Hall–Kier alpha value is -4.27. The summed E-state index contributed by atoms with van der Waals surface area (Å²) in [6, 6.07) is 16.1. The Balaban J connectivity index is 1.55. The van der Waals surface area contributed by atoms with Crippen LogP contribution in [0.2, 0.25) is 0 Å². The van der Waals surface area contributed by atoms with Crippen molar-refractivity contribution in [1.29, 1.82) is 0 Å². The number of hydrogen-bond acceptors (Lipinski definition) is 5. The van der Waals surface area contributed by atoms with Crippen molar-refractivity contribution < 1.29 is 9.59 Å². The minimum Gasteiger partial charge on any atom is -0.325 e. The SMILES string of the molecule is CC(C)CCn1cnc2c1c(=O)n(CCN1C(=O)c3ccccc3C1=O)c(=O)n2Cc1ccccc1. The van der Waals surface area contributed by atoms with E-state index in [0.29, 0.717) is 34.8 Å². The second kappa shape index (κ2) is 9.41. The Morgan fingerprint density at radius 3 is 2.06 bits per heavy atom. The first kappa shape index (κ1) is 23.5. The zero-order valence-electron chi connectivity index (χ0n) is 20.3. The predicted molar refractivity (Wildman–Crippen MR) is 135 cm³/mol. The molecule has 4 aromatic rings. The van der Waals surface area contributed by atoms with Gasteiger partial charge in [0.2, 0.25) is 0 Å². The molecule has 5 rings (SSSR count). The number of rotatable bonds is 8. The van der Waals surface area contributed by atoms with E-state index in [1.54, 1.807) is 35.2 Å². The van der Waals surface area contributed by atoms with Crippen molar-refractivity contribution >= 4 is 23.0 Å². The van der Waals surface area contributed by atoms with Gasteiger partial charge in [0.1, 0.15) is 0 Å². The predicted octanol–water partition coefficient (Wildman–Crippen LogP) is 2.75. The summed E-state index contributed by atoms with van der Waals surface area (Å²) in [5.41, 5.74) is 1.22. The van der Waals surface area contributed by atoms with E-state index in [0.717, 1.165) is 21.5 Å². The molecule has 1 aliphatic rings. The average Bonchev–Trinajstić information content (AvgIpc) is 3.41. The third kappa shape index (κ3) is 4.06. The number of hydrogen-bond donors (Lipinski definition) is 0. The molecular weight excluding hydrogens is 458 g/mol. The van der Waals surface area contributed by atoms with Crippen LogP contribution in [0.1, 0.15) is 46.5 Å². The molecule has 36 heavy (non-hydrogen) atoms. The molecule has 0 N–H and O–H groups in total. The lowest BCUT2D eigenvalue weighted by molar-refractivity contribution is 0.0648. The number of benzene rings is 2. The topological polar surface area (TPSA) is 99.2 Å². The van der Waals surface area contributed by atoms with Crippen LogP contribution in [0.25, 0.3) is 11.2 Å². The first-order valence-electron chi connectivity index (χ1n) is 12.0. The number of aromatic nitrogens is 4. The Kier molecular flexibility index (Phi) is 6.13. The fourth-order valence-corrected chi connectivity index (χ4v) is 4.55. The molecule has 0 fully saturated rings. The maximum atomic E-state index is 13.6. The van der Waals surface area contributed by atoms with Crippen LogP contribution in [0.5, 0.6) is 0 Å². The van der Waals surface area contributed by atoms with Gasteiger partial charge in [-0.2, -0.15) is 0 Å². The fourth-order valence-electron chi connectivity index (χ4n) is 4.55. The largest absolute Gasteiger partial charge is 0.333 e. The van der Waals surface area contributed by atoms with Gasteiger partial charge >= 0.3 is 5.69 Å². The summed E-state index contributed by atoms with van der Waals surface area (Å²) in [4.78, 5) is 58.3. The molecule has 3 heterocycles. The van der Waals surface area contributed by atoms with Crippen molar-refractivity contribution in [3.05, 3.63) is 98.5 Å². The lowest BCUT2D eigenvalue weighted by Gasteiger charge is -2.16. The summed E-state index contributed by atoms with van der Waals surface area (Å²) in [5, 5.41) is 0. The van der Waals surface area contributed by atoms with Gasteiger partial charge in [-0.3, -0.25) is 28.4 Å². The van der Waals surface area contributed by atoms with Gasteiger partial charge in [0.25, 0.3) is 17.4 Å². The number of imide groups is 1. The van der Waals surface area contributed by atoms with Crippen LogP contribution >= 0.6 is 0 Å². The molecule has 2 amide bonds. The molecular formula is C27H27N5O4. The Morgan fingerprint density at radius 2 is 1.42 bits per heavy atom. The highest BCUT2D eigenvalue weighted by Crippen LogP contribution is 2.22. The number of amides is 2. The van der Waals surface area contributed by atoms with Crippen molar-refractivity contribution in [2.75, 3.05) is 6.54 Å². The maximum absolute atomic E-state index is 13.6. The number of aryl methyl sites for hydroxylation is 1. The molecule has 0 radical (unpaired) electrons. The summed E-state index contributed by atoms with van der Waals surface area (Å²) in [5.74, 6) is -0.415. The third-order valence-corrected chi connectivity index (χ3v) is 6.54. The fraction of sp³-hybridized carbons (Fsp3) is 0.296. The highest BCUT2D eigenvalue weighted by Gasteiger charge is 2.35. The standard InChI is InChI=1S/C27H27N5O4/c1-18(2)12-13-29-17-28-23-22(29)26(35)31(27(36)32(23)16-19-8-4-3-5-9-19)15-14-30-24(33)20-10-6-7-11-21(20)25(30)34/h3-11,17-18H,12-16H2,1-2H3. The van der Waals surface area contributed by atoms with Crippen molar-refractivity contribution in [3.8, 4) is 0 Å².